The van der Waals surface area contributed by atoms with Crippen molar-refractivity contribution in [2.75, 3.05) is 12.3 Å². The van der Waals surface area contributed by atoms with E-state index in [4.69, 9.17) is 0 Å². The van der Waals surface area contributed by atoms with E-state index >= 15 is 0 Å². The highest BCUT2D eigenvalue weighted by atomic mass is 32.2. The van der Waals surface area contributed by atoms with E-state index in [9.17, 15) is 14.0 Å². The van der Waals surface area contributed by atoms with Gasteiger partial charge in [0.25, 0.3) is 5.56 Å². The lowest BCUT2D eigenvalue weighted by Gasteiger charge is -2.24. The second-order valence-corrected chi connectivity index (χ2v) is 6.80. The van der Waals surface area contributed by atoms with Gasteiger partial charge in [0.05, 0.1) is 5.92 Å². The van der Waals surface area contributed by atoms with Gasteiger partial charge in [0, 0.05) is 30.6 Å². The fraction of sp³-hybridized carbons (Fsp3) is 0.353. The average molecular weight is 347 g/mol. The Morgan fingerprint density at radius 1 is 1.42 bits per heavy atom. The summed E-state index contributed by atoms with van der Waals surface area (Å²) in [6.07, 6.45) is 2.22. The first-order valence-electron chi connectivity index (χ1n) is 7.76. The number of halogens is 1. The van der Waals surface area contributed by atoms with Gasteiger partial charge >= 0.3 is 0 Å². The van der Waals surface area contributed by atoms with Crippen molar-refractivity contribution in [3.05, 3.63) is 57.8 Å². The monoisotopic (exact) mass is 347 g/mol. The van der Waals surface area contributed by atoms with Gasteiger partial charge in [0.1, 0.15) is 5.82 Å². The maximum Gasteiger partial charge on any atom is 0.257 e. The number of hydrogen-bond acceptors (Lipinski definition) is 4. The smallest absolute Gasteiger partial charge is 0.257 e. The molecule has 2 aromatic rings. The Labute approximate surface area is 143 Å². The number of aryl methyl sites for hydroxylation is 1. The average Bonchev–Trinajstić information content (AvgIpc) is 2.59. The maximum atomic E-state index is 12.9. The van der Waals surface area contributed by atoms with Crippen LogP contribution in [0.3, 0.4) is 0 Å². The van der Waals surface area contributed by atoms with Crippen molar-refractivity contribution in [2.24, 2.45) is 5.92 Å². The number of rotatable bonds is 4. The summed E-state index contributed by atoms with van der Waals surface area (Å²) in [6.45, 7) is 2.57. The van der Waals surface area contributed by atoms with Gasteiger partial charge in [-0.05, 0) is 31.0 Å². The predicted octanol–water partition coefficient (Wildman–Crippen LogP) is 1.77. The fourth-order valence-corrected chi connectivity index (χ4v) is 3.63. The van der Waals surface area contributed by atoms with Crippen LogP contribution in [0.2, 0.25) is 0 Å². The molecule has 1 aliphatic heterocycles. The highest BCUT2D eigenvalue weighted by Crippen LogP contribution is 2.24. The Hall–Kier alpha value is -2.15. The summed E-state index contributed by atoms with van der Waals surface area (Å²) < 4.78 is 14.4. The summed E-state index contributed by atoms with van der Waals surface area (Å²) in [5, 5.41) is 3.57. The molecule has 0 radical (unpaired) electrons. The maximum absolute atomic E-state index is 12.9. The summed E-state index contributed by atoms with van der Waals surface area (Å²) in [4.78, 5) is 28.7. The van der Waals surface area contributed by atoms with E-state index in [1.165, 1.54) is 23.9 Å². The lowest BCUT2D eigenvalue weighted by molar-refractivity contribution is -0.124. The topological polar surface area (TPSA) is 64.0 Å². The van der Waals surface area contributed by atoms with Gasteiger partial charge in [-0.3, -0.25) is 14.2 Å². The molecular formula is C17H18FN3O2S. The third-order valence-corrected chi connectivity index (χ3v) is 5.15. The van der Waals surface area contributed by atoms with Crippen molar-refractivity contribution in [3.63, 3.8) is 0 Å². The number of fused-ring (bicyclic) bond motifs is 1. The van der Waals surface area contributed by atoms with E-state index in [1.54, 1.807) is 29.8 Å². The highest BCUT2D eigenvalue weighted by molar-refractivity contribution is 7.99. The molecule has 7 heteroatoms. The molecule has 1 unspecified atom stereocenters. The molecule has 1 atom stereocenters. The lowest BCUT2D eigenvalue weighted by atomic mass is 10.1. The minimum absolute atomic E-state index is 0.0660. The van der Waals surface area contributed by atoms with Crippen molar-refractivity contribution in [2.45, 2.75) is 25.0 Å². The zero-order valence-corrected chi connectivity index (χ0v) is 14.1. The molecule has 0 aliphatic carbocycles. The number of nitrogens with one attached hydrogen (secondary N) is 1. The normalized spacial score (nSPS) is 16.5. The van der Waals surface area contributed by atoms with Gasteiger partial charge < -0.3 is 5.32 Å². The molecule has 1 aliphatic rings. The molecule has 2 heterocycles. The Morgan fingerprint density at radius 3 is 2.92 bits per heavy atom. The fourth-order valence-electron chi connectivity index (χ4n) is 2.59. The lowest BCUT2D eigenvalue weighted by Crippen LogP contribution is -2.40. The Balaban J connectivity index is 1.57. The van der Waals surface area contributed by atoms with Gasteiger partial charge in [-0.15, -0.1) is 0 Å². The molecule has 1 N–H and O–H groups in total. The predicted molar refractivity (Wildman–Crippen MR) is 90.6 cm³/mol. The van der Waals surface area contributed by atoms with Gasteiger partial charge in [-0.1, -0.05) is 23.9 Å². The molecule has 24 heavy (non-hydrogen) atoms. The Morgan fingerprint density at radius 2 is 2.17 bits per heavy atom. The molecule has 3 rings (SSSR count). The highest BCUT2D eigenvalue weighted by Gasteiger charge is 2.26. The summed E-state index contributed by atoms with van der Waals surface area (Å²) >= 11 is 1.43. The van der Waals surface area contributed by atoms with Crippen molar-refractivity contribution in [3.8, 4) is 0 Å². The zero-order chi connectivity index (χ0) is 17.1. The molecule has 1 aromatic heterocycles. The molecule has 0 saturated heterocycles. The molecule has 1 amide bonds. The molecule has 126 valence electrons. The van der Waals surface area contributed by atoms with Crippen LogP contribution in [0.4, 0.5) is 4.39 Å². The third kappa shape index (κ3) is 3.67. The van der Waals surface area contributed by atoms with Gasteiger partial charge in [-0.2, -0.15) is 0 Å². The summed E-state index contributed by atoms with van der Waals surface area (Å²) in [7, 11) is 0. The van der Waals surface area contributed by atoms with Gasteiger partial charge in [0.2, 0.25) is 5.91 Å². The molecule has 0 bridgehead atoms. The minimum atomic E-state index is -0.268. The largest absolute Gasteiger partial charge is 0.355 e. The SMILES string of the molecule is Cc1cnc2n(c1=O)CC(C(=O)NCCc1ccc(F)cc1)CS2. The quantitative estimate of drug-likeness (QED) is 0.856. The van der Waals surface area contributed by atoms with E-state index in [-0.39, 0.29) is 23.2 Å². The van der Waals surface area contributed by atoms with Crippen molar-refractivity contribution >= 4 is 17.7 Å². The van der Waals surface area contributed by atoms with E-state index in [2.05, 4.69) is 10.3 Å². The van der Waals surface area contributed by atoms with Crippen LogP contribution in [-0.2, 0) is 17.8 Å². The zero-order valence-electron chi connectivity index (χ0n) is 13.3. The van der Waals surface area contributed by atoms with E-state index < -0.39 is 0 Å². The first-order chi connectivity index (χ1) is 11.5. The van der Waals surface area contributed by atoms with Crippen molar-refractivity contribution in [1.82, 2.24) is 14.9 Å². The van der Waals surface area contributed by atoms with Crippen LogP contribution in [-0.4, -0.2) is 27.8 Å². The Bertz CT molecular complexity index is 804. The van der Waals surface area contributed by atoms with Crippen LogP contribution in [0, 0.1) is 18.7 Å². The third-order valence-electron chi connectivity index (χ3n) is 4.00. The summed E-state index contributed by atoms with van der Waals surface area (Å²) in [6, 6.07) is 6.24. The van der Waals surface area contributed by atoms with Crippen LogP contribution in [0.5, 0.6) is 0 Å². The number of carbonyl (C=O) groups is 1. The molecular weight excluding hydrogens is 329 g/mol. The summed E-state index contributed by atoms with van der Waals surface area (Å²) in [5.74, 6) is 0.0217. The first kappa shape index (κ1) is 16.7. The van der Waals surface area contributed by atoms with Crippen LogP contribution >= 0.6 is 11.8 Å². The van der Waals surface area contributed by atoms with E-state index in [0.29, 0.717) is 36.0 Å². The number of hydrogen-bond donors (Lipinski definition) is 1. The van der Waals surface area contributed by atoms with Crippen LogP contribution < -0.4 is 10.9 Å². The molecule has 0 saturated carbocycles. The van der Waals surface area contributed by atoms with Crippen molar-refractivity contribution < 1.29 is 9.18 Å². The number of carbonyl (C=O) groups excluding carboxylic acids is 1. The van der Waals surface area contributed by atoms with Crippen LogP contribution in [0.25, 0.3) is 0 Å². The van der Waals surface area contributed by atoms with Gasteiger partial charge in [-0.25, -0.2) is 9.37 Å². The number of benzene rings is 1. The second-order valence-electron chi connectivity index (χ2n) is 5.81. The van der Waals surface area contributed by atoms with E-state index in [0.717, 1.165) is 5.56 Å². The molecule has 1 aromatic carbocycles. The van der Waals surface area contributed by atoms with Crippen LogP contribution in [0.1, 0.15) is 11.1 Å². The first-order valence-corrected chi connectivity index (χ1v) is 8.74. The summed E-state index contributed by atoms with van der Waals surface area (Å²) in [5.41, 5.74) is 1.46. The second kappa shape index (κ2) is 7.17. The minimum Gasteiger partial charge on any atom is -0.355 e. The number of amides is 1. The standard InChI is InChI=1S/C17H18FN3O2S/c1-11-8-20-17-21(16(11)23)9-13(10-24-17)15(22)19-7-6-12-2-4-14(18)5-3-12/h2-5,8,13H,6-7,9-10H2,1H3,(H,19,22). The van der Waals surface area contributed by atoms with Gasteiger partial charge in [0.15, 0.2) is 5.16 Å². The number of nitrogens with zero attached hydrogens (tertiary/aromatic N) is 2. The molecule has 0 spiro atoms. The number of thioether (sulfide) groups is 1. The van der Waals surface area contributed by atoms with Crippen molar-refractivity contribution in [1.29, 1.82) is 0 Å². The Kier molecular flexibility index (Phi) is 4.99. The molecule has 5 nitrogen and oxygen atoms in total. The van der Waals surface area contributed by atoms with E-state index in [1.807, 2.05) is 0 Å². The molecule has 0 fully saturated rings. The van der Waals surface area contributed by atoms with Crippen LogP contribution in [0.15, 0.2) is 40.4 Å². The number of aromatic nitrogens is 2.